The molecule has 2 aromatic carbocycles. The van der Waals surface area contributed by atoms with Crippen LogP contribution in [0.5, 0.6) is 0 Å². The van der Waals surface area contributed by atoms with Crippen molar-refractivity contribution in [3.05, 3.63) is 70.8 Å². The maximum atomic E-state index is 13.2. The number of rotatable bonds is 10. The Morgan fingerprint density at radius 3 is 2.12 bits per heavy atom. The highest BCUT2D eigenvalue weighted by Gasteiger charge is 2.35. The molecular formula is C27H33N3O4. The Morgan fingerprint density at radius 1 is 0.971 bits per heavy atom. The van der Waals surface area contributed by atoms with Gasteiger partial charge < -0.3 is 10.2 Å². The van der Waals surface area contributed by atoms with Gasteiger partial charge in [-0.15, -0.1) is 0 Å². The number of imide groups is 1. The highest BCUT2D eigenvalue weighted by molar-refractivity contribution is 6.21. The standard InChI is InChI=1S/C27H33N3O4/c1-5-19(3)28-25(32)20(4)30(17-21-14-12-18(2)13-15-21)24(31)11-8-16-29-26(33)22-9-6-7-10-23(22)27(29)34/h6-7,9-10,12-15,19-20H,5,8,11,16-17H2,1-4H3,(H,28,32)/t19-,20+/m0/s1. The number of hydrogen-bond acceptors (Lipinski definition) is 4. The van der Waals surface area contributed by atoms with Crippen LogP contribution >= 0.6 is 0 Å². The van der Waals surface area contributed by atoms with Crippen molar-refractivity contribution in [2.24, 2.45) is 0 Å². The zero-order chi connectivity index (χ0) is 24.8. The number of carbonyl (C=O) groups excluding carboxylic acids is 4. The molecule has 1 heterocycles. The van der Waals surface area contributed by atoms with Gasteiger partial charge in [0.2, 0.25) is 11.8 Å². The van der Waals surface area contributed by atoms with Crippen molar-refractivity contribution in [2.45, 2.75) is 65.6 Å². The molecule has 0 saturated carbocycles. The molecule has 7 heteroatoms. The van der Waals surface area contributed by atoms with Crippen molar-refractivity contribution < 1.29 is 19.2 Å². The van der Waals surface area contributed by atoms with Gasteiger partial charge in [0, 0.05) is 25.6 Å². The van der Waals surface area contributed by atoms with Crippen molar-refractivity contribution in [2.75, 3.05) is 6.54 Å². The Morgan fingerprint density at radius 2 is 1.56 bits per heavy atom. The van der Waals surface area contributed by atoms with Gasteiger partial charge in [-0.1, -0.05) is 48.9 Å². The summed E-state index contributed by atoms with van der Waals surface area (Å²) in [7, 11) is 0. The van der Waals surface area contributed by atoms with Gasteiger partial charge >= 0.3 is 0 Å². The molecule has 0 unspecified atom stereocenters. The second kappa shape index (κ2) is 11.1. The van der Waals surface area contributed by atoms with E-state index >= 15 is 0 Å². The lowest BCUT2D eigenvalue weighted by atomic mass is 10.1. The van der Waals surface area contributed by atoms with Crippen LogP contribution in [0, 0.1) is 6.92 Å². The fourth-order valence-electron chi connectivity index (χ4n) is 3.91. The van der Waals surface area contributed by atoms with Crippen molar-refractivity contribution in [3.8, 4) is 0 Å². The average Bonchev–Trinajstić information content (AvgIpc) is 3.08. The Balaban J connectivity index is 1.67. The van der Waals surface area contributed by atoms with Crippen LogP contribution in [0.2, 0.25) is 0 Å². The number of nitrogens with zero attached hydrogens (tertiary/aromatic N) is 2. The van der Waals surface area contributed by atoms with Crippen molar-refractivity contribution >= 4 is 23.6 Å². The van der Waals surface area contributed by atoms with Gasteiger partial charge in [0.25, 0.3) is 11.8 Å². The molecule has 3 rings (SSSR count). The number of nitrogens with one attached hydrogen (secondary N) is 1. The van der Waals surface area contributed by atoms with Gasteiger partial charge in [-0.2, -0.15) is 0 Å². The molecule has 0 bridgehead atoms. The molecule has 7 nitrogen and oxygen atoms in total. The van der Waals surface area contributed by atoms with Gasteiger partial charge in [-0.05, 0) is 51.3 Å². The summed E-state index contributed by atoms with van der Waals surface area (Å²) in [6, 6.07) is 14.0. The molecule has 0 aromatic heterocycles. The summed E-state index contributed by atoms with van der Waals surface area (Å²) in [5, 5.41) is 2.95. The molecule has 0 aliphatic carbocycles. The predicted octanol–water partition coefficient (Wildman–Crippen LogP) is 3.70. The molecular weight excluding hydrogens is 430 g/mol. The summed E-state index contributed by atoms with van der Waals surface area (Å²) in [5.74, 6) is -1.05. The van der Waals surface area contributed by atoms with E-state index in [0.717, 1.165) is 17.5 Å². The molecule has 2 aromatic rings. The second-order valence-corrected chi connectivity index (χ2v) is 8.91. The Labute approximate surface area is 201 Å². The first-order valence-electron chi connectivity index (χ1n) is 11.8. The molecule has 0 radical (unpaired) electrons. The van der Waals surface area contributed by atoms with Crippen molar-refractivity contribution in [3.63, 3.8) is 0 Å². The first-order chi connectivity index (χ1) is 16.2. The number of aryl methyl sites for hydroxylation is 1. The molecule has 0 saturated heterocycles. The van der Waals surface area contributed by atoms with Gasteiger partial charge in [-0.25, -0.2) is 0 Å². The van der Waals surface area contributed by atoms with Crippen LogP contribution in [0.3, 0.4) is 0 Å². The van der Waals surface area contributed by atoms with Gasteiger partial charge in [0.15, 0.2) is 0 Å². The summed E-state index contributed by atoms with van der Waals surface area (Å²) in [6.45, 7) is 8.11. The van der Waals surface area contributed by atoms with E-state index in [0.29, 0.717) is 24.1 Å². The van der Waals surface area contributed by atoms with Gasteiger partial charge in [0.05, 0.1) is 11.1 Å². The van der Waals surface area contributed by atoms with Crippen LogP contribution in [-0.2, 0) is 16.1 Å². The minimum atomic E-state index is -0.651. The minimum Gasteiger partial charge on any atom is -0.352 e. The molecule has 1 aliphatic heterocycles. The number of hydrogen-bond donors (Lipinski definition) is 1. The SMILES string of the molecule is CC[C@H](C)NC(=O)[C@@H](C)N(Cc1ccc(C)cc1)C(=O)CCCN1C(=O)c2ccccc2C1=O. The highest BCUT2D eigenvalue weighted by Crippen LogP contribution is 2.23. The van der Waals surface area contributed by atoms with E-state index in [1.165, 1.54) is 4.90 Å². The van der Waals surface area contributed by atoms with Crippen LogP contribution in [0.25, 0.3) is 0 Å². The topological polar surface area (TPSA) is 86.8 Å². The third kappa shape index (κ3) is 5.71. The van der Waals surface area contributed by atoms with Gasteiger partial charge in [-0.3, -0.25) is 24.1 Å². The van der Waals surface area contributed by atoms with Crippen LogP contribution < -0.4 is 5.32 Å². The molecule has 1 N–H and O–H groups in total. The minimum absolute atomic E-state index is 0.0140. The maximum Gasteiger partial charge on any atom is 0.261 e. The normalized spacial score (nSPS) is 14.5. The fourth-order valence-corrected chi connectivity index (χ4v) is 3.91. The Kier molecular flexibility index (Phi) is 8.21. The first-order valence-corrected chi connectivity index (χ1v) is 11.8. The lowest BCUT2D eigenvalue weighted by Gasteiger charge is -2.30. The molecule has 180 valence electrons. The number of carbonyl (C=O) groups is 4. The number of fused-ring (bicyclic) bond motifs is 1. The average molecular weight is 464 g/mol. The van der Waals surface area contributed by atoms with Gasteiger partial charge in [0.1, 0.15) is 6.04 Å². The molecule has 4 amide bonds. The Hall–Kier alpha value is -3.48. The zero-order valence-electron chi connectivity index (χ0n) is 20.3. The van der Waals surface area contributed by atoms with E-state index in [1.54, 1.807) is 36.1 Å². The largest absolute Gasteiger partial charge is 0.352 e. The van der Waals surface area contributed by atoms with E-state index in [-0.39, 0.29) is 42.6 Å². The maximum absolute atomic E-state index is 13.2. The lowest BCUT2D eigenvalue weighted by molar-refractivity contribution is -0.141. The summed E-state index contributed by atoms with van der Waals surface area (Å²) in [5.41, 5.74) is 2.85. The van der Waals surface area contributed by atoms with E-state index in [9.17, 15) is 19.2 Å². The lowest BCUT2D eigenvalue weighted by Crippen LogP contribution is -2.49. The quantitative estimate of drug-likeness (QED) is 0.545. The molecule has 0 fully saturated rings. The van der Waals surface area contributed by atoms with E-state index in [4.69, 9.17) is 0 Å². The van der Waals surface area contributed by atoms with Crippen molar-refractivity contribution in [1.29, 1.82) is 0 Å². The van der Waals surface area contributed by atoms with Crippen molar-refractivity contribution in [1.82, 2.24) is 15.1 Å². The van der Waals surface area contributed by atoms with E-state index in [1.807, 2.05) is 45.0 Å². The van der Waals surface area contributed by atoms with Crippen LogP contribution in [0.15, 0.2) is 48.5 Å². The summed E-state index contributed by atoms with van der Waals surface area (Å²) >= 11 is 0. The summed E-state index contributed by atoms with van der Waals surface area (Å²) in [4.78, 5) is 53.9. The third-order valence-electron chi connectivity index (χ3n) is 6.29. The fraction of sp³-hybridized carbons (Fsp3) is 0.407. The monoisotopic (exact) mass is 463 g/mol. The molecule has 1 aliphatic rings. The first kappa shape index (κ1) is 25.1. The smallest absolute Gasteiger partial charge is 0.261 e. The van der Waals surface area contributed by atoms with E-state index < -0.39 is 6.04 Å². The predicted molar refractivity (Wildman–Crippen MR) is 130 cm³/mol. The van der Waals surface area contributed by atoms with Crippen LogP contribution in [-0.4, -0.2) is 52.1 Å². The summed E-state index contributed by atoms with van der Waals surface area (Å²) in [6.07, 6.45) is 1.25. The van der Waals surface area contributed by atoms with Crippen LogP contribution in [0.4, 0.5) is 0 Å². The highest BCUT2D eigenvalue weighted by atomic mass is 16.2. The molecule has 0 spiro atoms. The second-order valence-electron chi connectivity index (χ2n) is 8.91. The number of amides is 4. The summed E-state index contributed by atoms with van der Waals surface area (Å²) < 4.78 is 0. The van der Waals surface area contributed by atoms with E-state index in [2.05, 4.69) is 5.32 Å². The molecule has 2 atom stereocenters. The Bertz CT molecular complexity index is 1030. The zero-order valence-corrected chi connectivity index (χ0v) is 20.3. The van der Waals surface area contributed by atoms with Crippen LogP contribution in [0.1, 0.15) is 71.9 Å². The third-order valence-corrected chi connectivity index (χ3v) is 6.29. The number of benzene rings is 2. The molecule has 34 heavy (non-hydrogen) atoms.